The topological polar surface area (TPSA) is 71.8 Å². The van der Waals surface area contributed by atoms with E-state index in [1.54, 1.807) is 0 Å². The fourth-order valence-electron chi connectivity index (χ4n) is 5.18. The fraction of sp³-hybridized carbons (Fsp3) is 0.417. The summed E-state index contributed by atoms with van der Waals surface area (Å²) < 4.78 is 6.92. The third-order valence-electron chi connectivity index (χ3n) is 6.51. The average molecular weight is 408 g/mol. The zero-order chi connectivity index (χ0) is 21.3. The van der Waals surface area contributed by atoms with Crippen LogP contribution >= 0.6 is 0 Å². The SMILES string of the molecule is C/C=C\c1ccc2n(c1=O)C[C@H]1[C@H](CO)[C@@H](C(=O)OC)N(CCc3ccccc3)[C@@H]21. The van der Waals surface area contributed by atoms with Crippen molar-refractivity contribution in [2.24, 2.45) is 11.8 Å². The number of nitrogens with zero attached hydrogens (tertiary/aromatic N) is 2. The maximum Gasteiger partial charge on any atom is 0.323 e. The van der Waals surface area contributed by atoms with Gasteiger partial charge in [0.15, 0.2) is 0 Å². The Kier molecular flexibility index (Phi) is 5.88. The van der Waals surface area contributed by atoms with Crippen molar-refractivity contribution in [3.63, 3.8) is 0 Å². The maximum absolute atomic E-state index is 13.0. The number of carbonyl (C=O) groups excluding carboxylic acids is 1. The number of rotatable bonds is 6. The van der Waals surface area contributed by atoms with E-state index >= 15 is 0 Å². The monoisotopic (exact) mass is 408 g/mol. The van der Waals surface area contributed by atoms with Crippen LogP contribution in [0.4, 0.5) is 0 Å². The number of fused-ring (bicyclic) bond motifs is 3. The molecule has 2 aliphatic rings. The van der Waals surface area contributed by atoms with Gasteiger partial charge in [-0.1, -0.05) is 42.5 Å². The number of aromatic nitrogens is 1. The average Bonchev–Trinajstić information content (AvgIpc) is 3.29. The largest absolute Gasteiger partial charge is 0.468 e. The third kappa shape index (κ3) is 3.40. The van der Waals surface area contributed by atoms with Gasteiger partial charge in [-0.15, -0.1) is 0 Å². The number of hydrogen-bond donors (Lipinski definition) is 1. The van der Waals surface area contributed by atoms with Gasteiger partial charge in [0, 0.05) is 42.8 Å². The number of pyridine rings is 1. The maximum atomic E-state index is 13.0. The summed E-state index contributed by atoms with van der Waals surface area (Å²) in [5, 5.41) is 10.2. The van der Waals surface area contributed by atoms with Gasteiger partial charge in [0.05, 0.1) is 13.2 Å². The summed E-state index contributed by atoms with van der Waals surface area (Å²) >= 11 is 0. The Labute approximate surface area is 176 Å². The van der Waals surface area contributed by atoms with E-state index in [4.69, 9.17) is 4.74 Å². The minimum Gasteiger partial charge on any atom is -0.468 e. The van der Waals surface area contributed by atoms with Crippen LogP contribution in [0.25, 0.3) is 6.08 Å². The highest BCUT2D eigenvalue weighted by Crippen LogP contribution is 2.49. The van der Waals surface area contributed by atoms with Crippen molar-refractivity contribution in [2.75, 3.05) is 20.3 Å². The van der Waals surface area contributed by atoms with Gasteiger partial charge in [-0.3, -0.25) is 14.5 Å². The van der Waals surface area contributed by atoms with E-state index in [0.29, 0.717) is 18.7 Å². The van der Waals surface area contributed by atoms with E-state index in [1.807, 2.05) is 54.0 Å². The van der Waals surface area contributed by atoms with Crippen LogP contribution < -0.4 is 5.56 Å². The molecule has 2 aromatic rings. The second-order valence-corrected chi connectivity index (χ2v) is 8.03. The number of ether oxygens (including phenoxy) is 1. The quantitative estimate of drug-likeness (QED) is 0.743. The van der Waals surface area contributed by atoms with E-state index in [9.17, 15) is 14.7 Å². The molecule has 0 saturated carbocycles. The van der Waals surface area contributed by atoms with Crippen molar-refractivity contribution in [3.05, 3.63) is 75.7 Å². The Morgan fingerprint density at radius 1 is 1.23 bits per heavy atom. The van der Waals surface area contributed by atoms with Crippen molar-refractivity contribution >= 4 is 12.0 Å². The van der Waals surface area contributed by atoms with E-state index in [1.165, 1.54) is 12.7 Å². The molecule has 1 fully saturated rings. The number of carbonyl (C=O) groups is 1. The lowest BCUT2D eigenvalue weighted by Gasteiger charge is -2.29. The summed E-state index contributed by atoms with van der Waals surface area (Å²) in [4.78, 5) is 27.8. The molecule has 1 N–H and O–H groups in total. The van der Waals surface area contributed by atoms with Gasteiger partial charge in [0.2, 0.25) is 0 Å². The van der Waals surface area contributed by atoms with Crippen LogP contribution in [0.15, 0.2) is 53.3 Å². The van der Waals surface area contributed by atoms with Crippen LogP contribution in [0.1, 0.15) is 29.8 Å². The normalized spacial score (nSPS) is 25.4. The predicted molar refractivity (Wildman–Crippen MR) is 115 cm³/mol. The Balaban J connectivity index is 1.73. The lowest BCUT2D eigenvalue weighted by atomic mass is 9.88. The third-order valence-corrected chi connectivity index (χ3v) is 6.51. The number of benzene rings is 1. The van der Waals surface area contributed by atoms with Gasteiger partial charge in [-0.2, -0.15) is 0 Å². The molecular weight excluding hydrogens is 380 g/mol. The van der Waals surface area contributed by atoms with Gasteiger partial charge >= 0.3 is 5.97 Å². The highest BCUT2D eigenvalue weighted by molar-refractivity contribution is 5.77. The second-order valence-electron chi connectivity index (χ2n) is 8.03. The smallest absolute Gasteiger partial charge is 0.323 e. The fourth-order valence-corrected chi connectivity index (χ4v) is 5.18. The molecule has 0 radical (unpaired) electrons. The molecule has 1 aromatic carbocycles. The molecule has 0 spiro atoms. The molecule has 0 unspecified atom stereocenters. The number of esters is 1. The Morgan fingerprint density at radius 3 is 2.67 bits per heavy atom. The molecule has 6 heteroatoms. The summed E-state index contributed by atoms with van der Waals surface area (Å²) in [5.41, 5.74) is 2.73. The van der Waals surface area contributed by atoms with Crippen molar-refractivity contribution in [1.82, 2.24) is 9.47 Å². The first kappa shape index (κ1) is 20.6. The zero-order valence-electron chi connectivity index (χ0n) is 17.4. The van der Waals surface area contributed by atoms with Crippen molar-refractivity contribution in [1.29, 1.82) is 0 Å². The molecule has 2 aliphatic heterocycles. The lowest BCUT2D eigenvalue weighted by molar-refractivity contribution is -0.148. The number of methoxy groups -OCH3 is 1. The molecule has 0 bridgehead atoms. The van der Waals surface area contributed by atoms with Crippen molar-refractivity contribution in [2.45, 2.75) is 32.0 Å². The first-order valence-corrected chi connectivity index (χ1v) is 10.5. The second kappa shape index (κ2) is 8.58. The standard InChI is InChI=1S/C24H28N2O4/c1-3-7-17-10-11-20-21-18(14-26(20)23(17)28)19(15-27)22(24(29)30-2)25(21)13-12-16-8-5-4-6-9-16/h3-11,18-19,21-22,27H,12-15H2,1-2H3/b7-3-/t18-,19-,21+,22-/m0/s1. The predicted octanol–water partition coefficient (Wildman–Crippen LogP) is 2.26. The molecular formula is C24H28N2O4. The van der Waals surface area contributed by atoms with Crippen LogP contribution in [0.5, 0.6) is 0 Å². The first-order valence-electron chi connectivity index (χ1n) is 10.5. The number of aliphatic hydroxyl groups is 1. The summed E-state index contributed by atoms with van der Waals surface area (Å²) in [6.07, 6.45) is 4.45. The summed E-state index contributed by atoms with van der Waals surface area (Å²) in [6, 6.07) is 13.4. The minimum atomic E-state index is -0.516. The van der Waals surface area contributed by atoms with Crippen LogP contribution in [-0.4, -0.2) is 46.8 Å². The van der Waals surface area contributed by atoms with Gasteiger partial charge in [-0.05, 0) is 31.0 Å². The first-order chi connectivity index (χ1) is 14.6. The summed E-state index contributed by atoms with van der Waals surface area (Å²) in [7, 11) is 1.39. The Hall–Kier alpha value is -2.70. The van der Waals surface area contributed by atoms with Crippen molar-refractivity contribution < 1.29 is 14.6 Å². The van der Waals surface area contributed by atoms with Crippen LogP contribution in [0, 0.1) is 11.8 Å². The van der Waals surface area contributed by atoms with Crippen LogP contribution in [0.2, 0.25) is 0 Å². The molecule has 4 atom stereocenters. The molecule has 1 saturated heterocycles. The molecule has 30 heavy (non-hydrogen) atoms. The molecule has 158 valence electrons. The number of aliphatic hydroxyl groups excluding tert-OH is 1. The number of allylic oxidation sites excluding steroid dienone is 1. The van der Waals surface area contributed by atoms with Crippen molar-refractivity contribution in [3.8, 4) is 0 Å². The zero-order valence-corrected chi connectivity index (χ0v) is 17.4. The van der Waals surface area contributed by atoms with E-state index in [0.717, 1.165) is 12.1 Å². The molecule has 0 aliphatic carbocycles. The Bertz CT molecular complexity index is 998. The number of likely N-dealkylation sites (tertiary alicyclic amines) is 1. The summed E-state index contributed by atoms with van der Waals surface area (Å²) in [5.74, 6) is -0.609. The molecule has 0 amide bonds. The molecule has 4 rings (SSSR count). The highest BCUT2D eigenvalue weighted by atomic mass is 16.5. The molecule has 1 aromatic heterocycles. The summed E-state index contributed by atoms with van der Waals surface area (Å²) in [6.45, 7) is 2.92. The van der Waals surface area contributed by atoms with E-state index in [-0.39, 0.29) is 36.0 Å². The molecule has 3 heterocycles. The van der Waals surface area contributed by atoms with E-state index in [2.05, 4.69) is 17.0 Å². The van der Waals surface area contributed by atoms with E-state index < -0.39 is 6.04 Å². The van der Waals surface area contributed by atoms with Gasteiger partial charge in [0.25, 0.3) is 5.56 Å². The van der Waals surface area contributed by atoms with Gasteiger partial charge in [0.1, 0.15) is 6.04 Å². The minimum absolute atomic E-state index is 0.0107. The van der Waals surface area contributed by atoms with Gasteiger partial charge in [-0.25, -0.2) is 0 Å². The number of hydrogen-bond acceptors (Lipinski definition) is 5. The molecule has 6 nitrogen and oxygen atoms in total. The van der Waals surface area contributed by atoms with Gasteiger partial charge < -0.3 is 14.4 Å². The Morgan fingerprint density at radius 2 is 2.00 bits per heavy atom. The van der Waals surface area contributed by atoms with Crippen LogP contribution in [-0.2, 0) is 22.5 Å². The lowest BCUT2D eigenvalue weighted by Crippen LogP contribution is -2.44. The van der Waals surface area contributed by atoms with Crippen LogP contribution in [0.3, 0.4) is 0 Å². The highest BCUT2D eigenvalue weighted by Gasteiger charge is 2.55.